The summed E-state index contributed by atoms with van der Waals surface area (Å²) in [7, 11) is 2.39. The molecule has 4 heteroatoms. The minimum absolute atomic E-state index is 0. The topological polar surface area (TPSA) is 26.3 Å². The van der Waals surface area contributed by atoms with Crippen LogP contribution in [0.4, 0.5) is 0 Å². The predicted octanol–water partition coefficient (Wildman–Crippen LogP) is -0.481. The molecule has 0 bridgehead atoms. The second-order valence-electron chi connectivity index (χ2n) is 6.02. The van der Waals surface area contributed by atoms with E-state index >= 15 is 0 Å². The molecule has 2 saturated heterocycles. The summed E-state index contributed by atoms with van der Waals surface area (Å²) in [5.41, 5.74) is 0. The molecule has 0 radical (unpaired) electrons. The van der Waals surface area contributed by atoms with Crippen molar-refractivity contribution in [1.29, 1.82) is 0 Å². The van der Waals surface area contributed by atoms with E-state index in [1.54, 1.807) is 6.08 Å². The fourth-order valence-electron chi connectivity index (χ4n) is 3.80. The number of nitrogens with zero attached hydrogens (tertiary/aromatic N) is 1. The van der Waals surface area contributed by atoms with Crippen LogP contribution in [0.2, 0.25) is 0 Å². The van der Waals surface area contributed by atoms with Gasteiger partial charge >= 0.3 is 5.97 Å². The number of esters is 1. The first-order valence-corrected chi connectivity index (χ1v) is 7.29. The number of fused-ring (bicyclic) bond motifs is 1. The summed E-state index contributed by atoms with van der Waals surface area (Å²) >= 11 is 0. The van der Waals surface area contributed by atoms with Crippen LogP contribution in [-0.2, 0) is 9.53 Å². The highest BCUT2D eigenvalue weighted by Gasteiger charge is 2.43. The zero-order valence-electron chi connectivity index (χ0n) is 12.1. The summed E-state index contributed by atoms with van der Waals surface area (Å²) < 4.78 is 6.59. The number of ether oxygens (including phenoxy) is 1. The second kappa shape index (κ2) is 7.62. The zero-order chi connectivity index (χ0) is 13.0. The van der Waals surface area contributed by atoms with Crippen LogP contribution in [0, 0.1) is 5.92 Å². The summed E-state index contributed by atoms with van der Waals surface area (Å²) in [4.78, 5) is 11.4. The lowest BCUT2D eigenvalue weighted by Gasteiger charge is -2.51. The Kier molecular flexibility index (Phi) is 6.80. The van der Waals surface area contributed by atoms with E-state index in [1.165, 1.54) is 55.8 Å². The lowest BCUT2D eigenvalue weighted by molar-refractivity contribution is -0.947. The molecular weight excluding hydrogens is 353 g/mol. The smallest absolute Gasteiger partial charge is 0.330 e. The maximum Gasteiger partial charge on any atom is 0.330 e. The standard InChI is InChI=1S/C15H26NO2.HI/c1-3-7-15(17)18-12-13-8-6-11-16(2)10-5-4-9-14(13)16;/h3,7,13-14H,4-6,8-12H2,1-2H3;1H/q+1;/p-1/b7-3+;. The third-order valence-electron chi connectivity index (χ3n) is 4.75. The van der Waals surface area contributed by atoms with Crippen molar-refractivity contribution in [2.45, 2.75) is 45.1 Å². The van der Waals surface area contributed by atoms with Crippen molar-refractivity contribution < 1.29 is 38.0 Å². The Balaban J connectivity index is 0.00000180. The number of allylic oxidation sites excluding steroid dienone is 1. The molecular formula is C15H26INO2. The largest absolute Gasteiger partial charge is 1.00 e. The summed E-state index contributed by atoms with van der Waals surface area (Å²) in [6, 6.07) is 0.714. The molecule has 2 heterocycles. The highest BCUT2D eigenvalue weighted by molar-refractivity contribution is 5.81. The summed E-state index contributed by atoms with van der Waals surface area (Å²) in [5, 5.41) is 0. The van der Waals surface area contributed by atoms with E-state index in [4.69, 9.17) is 4.74 Å². The third-order valence-corrected chi connectivity index (χ3v) is 4.75. The van der Waals surface area contributed by atoms with Gasteiger partial charge < -0.3 is 33.2 Å². The van der Waals surface area contributed by atoms with Gasteiger partial charge in [0.15, 0.2) is 0 Å². The number of hydrogen-bond donors (Lipinski definition) is 0. The van der Waals surface area contributed by atoms with Gasteiger partial charge in [-0.15, -0.1) is 0 Å². The fourth-order valence-corrected chi connectivity index (χ4v) is 3.80. The average molecular weight is 379 g/mol. The second-order valence-corrected chi connectivity index (χ2v) is 6.02. The number of carbonyl (C=O) groups excluding carboxylic acids is 1. The highest BCUT2D eigenvalue weighted by Crippen LogP contribution is 2.36. The zero-order valence-corrected chi connectivity index (χ0v) is 14.3. The highest BCUT2D eigenvalue weighted by atomic mass is 127. The molecule has 0 saturated carbocycles. The summed E-state index contributed by atoms with van der Waals surface area (Å²) in [6.07, 6.45) is 9.76. The molecule has 3 atom stereocenters. The van der Waals surface area contributed by atoms with Gasteiger partial charge in [0.2, 0.25) is 0 Å². The van der Waals surface area contributed by atoms with Crippen molar-refractivity contribution in [3.63, 3.8) is 0 Å². The van der Waals surface area contributed by atoms with Crippen molar-refractivity contribution in [2.75, 3.05) is 26.7 Å². The molecule has 2 rings (SSSR count). The minimum atomic E-state index is -0.187. The number of rotatable bonds is 3. The van der Waals surface area contributed by atoms with Gasteiger partial charge in [-0.2, -0.15) is 0 Å². The first-order chi connectivity index (χ1) is 8.65. The first-order valence-electron chi connectivity index (χ1n) is 7.29. The Morgan fingerprint density at radius 1 is 1.26 bits per heavy atom. The Morgan fingerprint density at radius 2 is 2.00 bits per heavy atom. The lowest BCUT2D eigenvalue weighted by atomic mass is 9.82. The van der Waals surface area contributed by atoms with Crippen LogP contribution in [-0.4, -0.2) is 43.2 Å². The van der Waals surface area contributed by atoms with Gasteiger partial charge in [-0.05, 0) is 32.6 Å². The van der Waals surface area contributed by atoms with Gasteiger partial charge in [-0.3, -0.25) is 0 Å². The van der Waals surface area contributed by atoms with Gasteiger partial charge in [-0.25, -0.2) is 4.79 Å². The van der Waals surface area contributed by atoms with Crippen molar-refractivity contribution >= 4 is 5.97 Å². The maximum absolute atomic E-state index is 11.4. The third kappa shape index (κ3) is 4.18. The SMILES string of the molecule is C/C=C/C(=O)OCC1CCC[N+]2(C)CCCCC12.[I-]. The normalized spacial score (nSPS) is 34.4. The van der Waals surface area contributed by atoms with E-state index in [1.807, 2.05) is 6.92 Å². The molecule has 0 spiro atoms. The maximum atomic E-state index is 11.4. The van der Waals surface area contributed by atoms with Crippen LogP contribution in [0.1, 0.15) is 39.0 Å². The molecule has 110 valence electrons. The van der Waals surface area contributed by atoms with Crippen LogP contribution in [0.25, 0.3) is 0 Å². The quantitative estimate of drug-likeness (QED) is 0.287. The molecule has 2 aliphatic rings. The van der Waals surface area contributed by atoms with Crippen molar-refractivity contribution in [3.8, 4) is 0 Å². The molecule has 0 N–H and O–H groups in total. The first kappa shape index (κ1) is 17.0. The number of piperidine rings is 2. The van der Waals surface area contributed by atoms with E-state index in [0.717, 1.165) is 0 Å². The van der Waals surface area contributed by atoms with Crippen molar-refractivity contribution in [1.82, 2.24) is 0 Å². The van der Waals surface area contributed by atoms with Crippen molar-refractivity contribution in [3.05, 3.63) is 12.2 Å². The molecule has 2 aliphatic heterocycles. The Bertz CT molecular complexity index is 328. The number of hydrogen-bond acceptors (Lipinski definition) is 2. The Hall–Kier alpha value is -0.100. The number of halogens is 1. The summed E-state index contributed by atoms with van der Waals surface area (Å²) in [5.74, 6) is 0.381. The van der Waals surface area contributed by atoms with E-state index in [9.17, 15) is 4.79 Å². The molecule has 0 aromatic heterocycles. The molecule has 0 aromatic carbocycles. The minimum Gasteiger partial charge on any atom is -1.00 e. The van der Waals surface area contributed by atoms with E-state index < -0.39 is 0 Å². The van der Waals surface area contributed by atoms with E-state index in [2.05, 4.69) is 7.05 Å². The Labute approximate surface area is 134 Å². The molecule has 3 unspecified atom stereocenters. The summed E-state index contributed by atoms with van der Waals surface area (Å²) in [6.45, 7) is 5.08. The molecule has 0 aliphatic carbocycles. The van der Waals surface area contributed by atoms with E-state index in [0.29, 0.717) is 18.6 Å². The average Bonchev–Trinajstić information content (AvgIpc) is 2.35. The number of carbonyl (C=O) groups is 1. The van der Waals surface area contributed by atoms with E-state index in [-0.39, 0.29) is 29.9 Å². The molecule has 2 fully saturated rings. The van der Waals surface area contributed by atoms with Crippen LogP contribution < -0.4 is 24.0 Å². The van der Waals surface area contributed by atoms with Crippen molar-refractivity contribution in [2.24, 2.45) is 5.92 Å². The van der Waals surface area contributed by atoms with Crippen LogP contribution >= 0.6 is 0 Å². The van der Waals surface area contributed by atoms with Gasteiger partial charge in [0.05, 0.1) is 26.2 Å². The lowest BCUT2D eigenvalue weighted by Crippen LogP contribution is -3.00. The van der Waals surface area contributed by atoms with Crippen LogP contribution in [0.15, 0.2) is 12.2 Å². The molecule has 19 heavy (non-hydrogen) atoms. The predicted molar refractivity (Wildman–Crippen MR) is 72.1 cm³/mol. The monoisotopic (exact) mass is 379 g/mol. The number of quaternary nitrogens is 1. The van der Waals surface area contributed by atoms with Gasteiger partial charge in [0, 0.05) is 18.4 Å². The van der Waals surface area contributed by atoms with Gasteiger partial charge in [-0.1, -0.05) is 6.08 Å². The molecule has 0 aromatic rings. The van der Waals surface area contributed by atoms with Gasteiger partial charge in [0.25, 0.3) is 0 Å². The van der Waals surface area contributed by atoms with Gasteiger partial charge in [0.1, 0.15) is 6.61 Å². The molecule has 3 nitrogen and oxygen atoms in total. The Morgan fingerprint density at radius 3 is 2.74 bits per heavy atom. The molecule has 0 amide bonds. The van der Waals surface area contributed by atoms with Crippen LogP contribution in [0.3, 0.4) is 0 Å². The fraction of sp³-hybridized carbons (Fsp3) is 0.800. The van der Waals surface area contributed by atoms with Crippen LogP contribution in [0.5, 0.6) is 0 Å².